The van der Waals surface area contributed by atoms with E-state index in [1.807, 2.05) is 13.1 Å². The molecule has 112 valence electrons. The second kappa shape index (κ2) is 5.96. The van der Waals surface area contributed by atoms with Crippen molar-refractivity contribution in [1.82, 2.24) is 19.5 Å². The van der Waals surface area contributed by atoms with Gasteiger partial charge in [0.25, 0.3) is 0 Å². The van der Waals surface area contributed by atoms with Gasteiger partial charge >= 0.3 is 6.18 Å². The lowest BCUT2D eigenvalue weighted by molar-refractivity contribution is -0.142. The minimum absolute atomic E-state index is 0.383. The van der Waals surface area contributed by atoms with Gasteiger partial charge in [0.05, 0.1) is 18.4 Å². The molecule has 0 bridgehead atoms. The number of hydrogen-bond acceptors (Lipinski definition) is 5. The summed E-state index contributed by atoms with van der Waals surface area (Å²) in [5.74, 6) is 0. The molecule has 2 aromatic rings. The number of nitrogens with zero attached hydrogens (tertiary/aromatic N) is 4. The molecule has 0 saturated heterocycles. The van der Waals surface area contributed by atoms with E-state index in [4.69, 9.17) is 0 Å². The van der Waals surface area contributed by atoms with Gasteiger partial charge in [-0.05, 0) is 26.9 Å². The average molecular weight is 307 g/mol. The van der Waals surface area contributed by atoms with Crippen LogP contribution in [0.25, 0.3) is 4.96 Å². The van der Waals surface area contributed by atoms with Gasteiger partial charge in [-0.1, -0.05) is 11.3 Å². The highest BCUT2D eigenvalue weighted by atomic mass is 32.1. The van der Waals surface area contributed by atoms with Crippen LogP contribution >= 0.6 is 11.3 Å². The van der Waals surface area contributed by atoms with Gasteiger partial charge in [-0.3, -0.25) is 4.90 Å². The summed E-state index contributed by atoms with van der Waals surface area (Å²) in [5, 5.41) is 8.10. The number of anilines is 1. The fourth-order valence-electron chi connectivity index (χ4n) is 1.81. The van der Waals surface area contributed by atoms with Gasteiger partial charge in [0.2, 0.25) is 10.1 Å². The molecule has 0 aliphatic carbocycles. The molecule has 0 aliphatic rings. The summed E-state index contributed by atoms with van der Waals surface area (Å²) >= 11 is 1.42. The maximum atomic E-state index is 12.1. The van der Waals surface area contributed by atoms with Crippen molar-refractivity contribution in [2.75, 3.05) is 32.0 Å². The van der Waals surface area contributed by atoms with Crippen molar-refractivity contribution in [1.29, 1.82) is 0 Å². The quantitative estimate of drug-likeness (QED) is 0.833. The zero-order chi connectivity index (χ0) is 14.8. The Balaban J connectivity index is 1.71. The van der Waals surface area contributed by atoms with Crippen LogP contribution in [-0.2, 0) is 0 Å². The SMILES string of the molecule is Cc1cn2nc(NCCCN(C)CC(F)(F)F)sc2n1. The van der Waals surface area contributed by atoms with Crippen molar-refractivity contribution in [2.45, 2.75) is 19.5 Å². The molecule has 0 atom stereocenters. The van der Waals surface area contributed by atoms with Gasteiger partial charge in [0.1, 0.15) is 0 Å². The summed E-state index contributed by atoms with van der Waals surface area (Å²) in [7, 11) is 1.47. The van der Waals surface area contributed by atoms with E-state index in [1.165, 1.54) is 23.3 Å². The predicted molar refractivity (Wildman–Crippen MR) is 72.3 cm³/mol. The van der Waals surface area contributed by atoms with E-state index in [2.05, 4.69) is 15.4 Å². The number of alkyl halides is 3. The highest BCUT2D eigenvalue weighted by Crippen LogP contribution is 2.19. The lowest BCUT2D eigenvalue weighted by Crippen LogP contribution is -2.32. The molecule has 0 fully saturated rings. The molecule has 2 aromatic heterocycles. The first-order valence-electron chi connectivity index (χ1n) is 6.15. The molecule has 0 saturated carbocycles. The number of aryl methyl sites for hydroxylation is 1. The lowest BCUT2D eigenvalue weighted by Gasteiger charge is -2.18. The maximum Gasteiger partial charge on any atom is 0.401 e. The molecule has 0 aromatic carbocycles. The van der Waals surface area contributed by atoms with Crippen molar-refractivity contribution in [3.8, 4) is 0 Å². The molecule has 2 rings (SSSR count). The Morgan fingerprint density at radius 3 is 2.85 bits per heavy atom. The molecular weight excluding hydrogens is 291 g/mol. The third-order valence-electron chi connectivity index (χ3n) is 2.61. The van der Waals surface area contributed by atoms with Crippen molar-refractivity contribution in [2.24, 2.45) is 0 Å². The molecule has 0 aliphatic heterocycles. The molecule has 2 heterocycles. The topological polar surface area (TPSA) is 45.5 Å². The molecule has 0 spiro atoms. The van der Waals surface area contributed by atoms with Crippen LogP contribution in [0.2, 0.25) is 0 Å². The molecule has 5 nitrogen and oxygen atoms in total. The van der Waals surface area contributed by atoms with E-state index in [-0.39, 0.29) is 0 Å². The van der Waals surface area contributed by atoms with E-state index in [1.54, 1.807) is 4.52 Å². The Labute approximate surface area is 118 Å². The molecule has 1 N–H and O–H groups in total. The summed E-state index contributed by atoms with van der Waals surface area (Å²) in [6.45, 7) is 1.98. The predicted octanol–water partition coefficient (Wildman–Crippen LogP) is 2.40. The van der Waals surface area contributed by atoms with Gasteiger partial charge in [-0.15, -0.1) is 5.10 Å². The summed E-state index contributed by atoms with van der Waals surface area (Å²) in [6, 6.07) is 0. The number of fused-ring (bicyclic) bond motifs is 1. The number of aromatic nitrogens is 3. The van der Waals surface area contributed by atoms with Gasteiger partial charge in [-0.2, -0.15) is 13.2 Å². The standard InChI is InChI=1S/C11H16F3N5S/c1-8-6-19-10(16-8)20-9(17-19)15-4-3-5-18(2)7-11(12,13)14/h6H,3-5,7H2,1-2H3,(H,15,17). The zero-order valence-corrected chi connectivity index (χ0v) is 12.1. The van der Waals surface area contributed by atoms with Gasteiger partial charge in [-0.25, -0.2) is 9.50 Å². The maximum absolute atomic E-state index is 12.1. The Bertz CT molecular complexity index is 530. The monoisotopic (exact) mass is 307 g/mol. The Kier molecular flexibility index (Phi) is 4.48. The molecule has 9 heteroatoms. The number of nitrogens with one attached hydrogen (secondary N) is 1. The van der Waals surface area contributed by atoms with Crippen LogP contribution in [0.15, 0.2) is 6.20 Å². The van der Waals surface area contributed by atoms with E-state index in [0.717, 1.165) is 15.8 Å². The second-order valence-corrected chi connectivity index (χ2v) is 5.61. The molecule has 20 heavy (non-hydrogen) atoms. The normalized spacial score (nSPS) is 12.5. The Morgan fingerprint density at radius 1 is 1.45 bits per heavy atom. The third-order valence-corrected chi connectivity index (χ3v) is 3.49. The molecule has 0 radical (unpaired) electrons. The van der Waals surface area contributed by atoms with Crippen LogP contribution in [0.1, 0.15) is 12.1 Å². The number of rotatable bonds is 6. The van der Waals surface area contributed by atoms with Crippen LogP contribution in [0, 0.1) is 6.92 Å². The Morgan fingerprint density at radius 2 is 2.20 bits per heavy atom. The minimum Gasteiger partial charge on any atom is -0.360 e. The molecule has 0 amide bonds. The van der Waals surface area contributed by atoms with E-state index < -0.39 is 12.7 Å². The first kappa shape index (κ1) is 15.0. The van der Waals surface area contributed by atoms with Crippen molar-refractivity contribution >= 4 is 21.4 Å². The number of halogens is 3. The summed E-state index contributed by atoms with van der Waals surface area (Å²) < 4.78 is 38.1. The van der Waals surface area contributed by atoms with Crippen LogP contribution < -0.4 is 5.32 Å². The third kappa shape index (κ3) is 4.34. The number of hydrogen-bond donors (Lipinski definition) is 1. The highest BCUT2D eigenvalue weighted by molar-refractivity contribution is 7.20. The minimum atomic E-state index is -4.14. The highest BCUT2D eigenvalue weighted by Gasteiger charge is 2.28. The van der Waals surface area contributed by atoms with E-state index in [0.29, 0.717) is 19.5 Å². The zero-order valence-electron chi connectivity index (χ0n) is 11.2. The summed E-state index contributed by atoms with van der Waals surface area (Å²) in [6.07, 6.45) is -1.69. The van der Waals surface area contributed by atoms with Gasteiger partial charge in [0, 0.05) is 6.54 Å². The summed E-state index contributed by atoms with van der Waals surface area (Å²) in [4.78, 5) is 6.34. The van der Waals surface area contributed by atoms with Gasteiger partial charge in [0.15, 0.2) is 0 Å². The number of imidazole rings is 1. The lowest BCUT2D eigenvalue weighted by atomic mass is 10.4. The Hall–Kier alpha value is -1.35. The fraction of sp³-hybridized carbons (Fsp3) is 0.636. The van der Waals surface area contributed by atoms with Crippen molar-refractivity contribution < 1.29 is 13.2 Å². The van der Waals surface area contributed by atoms with Crippen LogP contribution in [0.5, 0.6) is 0 Å². The summed E-state index contributed by atoms with van der Waals surface area (Å²) in [5.41, 5.74) is 0.907. The smallest absolute Gasteiger partial charge is 0.360 e. The largest absolute Gasteiger partial charge is 0.401 e. The van der Waals surface area contributed by atoms with E-state index >= 15 is 0 Å². The van der Waals surface area contributed by atoms with E-state index in [9.17, 15) is 13.2 Å². The first-order chi connectivity index (χ1) is 9.33. The molecule has 0 unspecified atom stereocenters. The molecular formula is C11H16F3N5S. The van der Waals surface area contributed by atoms with Crippen molar-refractivity contribution in [3.63, 3.8) is 0 Å². The fourth-order valence-corrected chi connectivity index (χ4v) is 2.66. The van der Waals surface area contributed by atoms with Crippen LogP contribution in [0.3, 0.4) is 0 Å². The average Bonchev–Trinajstić information content (AvgIpc) is 2.78. The van der Waals surface area contributed by atoms with Crippen LogP contribution in [-0.4, -0.2) is 52.4 Å². The van der Waals surface area contributed by atoms with Gasteiger partial charge < -0.3 is 5.32 Å². The van der Waals surface area contributed by atoms with Crippen LogP contribution in [0.4, 0.5) is 18.3 Å². The first-order valence-corrected chi connectivity index (χ1v) is 6.97. The second-order valence-electron chi connectivity index (χ2n) is 4.65. The van der Waals surface area contributed by atoms with Crippen molar-refractivity contribution in [3.05, 3.63) is 11.9 Å².